The summed E-state index contributed by atoms with van der Waals surface area (Å²) in [5.74, 6) is 0. The molecule has 1 aliphatic carbocycles. The first kappa shape index (κ1) is 11.1. The fourth-order valence-corrected chi connectivity index (χ4v) is 2.33. The zero-order chi connectivity index (χ0) is 11.7. The minimum Gasteiger partial charge on any atom is -0.308 e. The molecule has 0 unspecified atom stereocenters. The summed E-state index contributed by atoms with van der Waals surface area (Å²) in [4.78, 5) is 4.22. The van der Waals surface area contributed by atoms with Gasteiger partial charge in [-0.2, -0.15) is 0 Å². The van der Waals surface area contributed by atoms with Crippen LogP contribution in [0.25, 0.3) is 10.7 Å². The van der Waals surface area contributed by atoms with Gasteiger partial charge in [0.15, 0.2) is 5.01 Å². The third kappa shape index (κ3) is 2.80. The monoisotopic (exact) mass is 266 g/mol. The fraction of sp³-hybridized carbons (Fsp3) is 0.364. The van der Waals surface area contributed by atoms with E-state index in [1.54, 1.807) is 17.5 Å². The van der Waals surface area contributed by atoms with Crippen LogP contribution in [0.2, 0.25) is 5.02 Å². The Hall–Kier alpha value is -1.04. The van der Waals surface area contributed by atoms with E-state index in [0.717, 1.165) is 22.3 Å². The first-order valence-corrected chi connectivity index (χ1v) is 6.68. The van der Waals surface area contributed by atoms with E-state index in [1.807, 2.05) is 12.1 Å². The SMILES string of the molecule is Clc1ccc(-c2nnc(CNC3CC3)s2)nc1. The fourth-order valence-electron chi connectivity index (χ4n) is 1.45. The lowest BCUT2D eigenvalue weighted by atomic mass is 10.4. The largest absolute Gasteiger partial charge is 0.308 e. The van der Waals surface area contributed by atoms with Crippen molar-refractivity contribution in [1.82, 2.24) is 20.5 Å². The number of pyridine rings is 1. The predicted octanol–water partition coefficient (Wildman–Crippen LogP) is 2.51. The minimum absolute atomic E-state index is 0.633. The van der Waals surface area contributed by atoms with Gasteiger partial charge < -0.3 is 5.32 Å². The normalized spacial score (nSPS) is 15.1. The van der Waals surface area contributed by atoms with E-state index in [-0.39, 0.29) is 0 Å². The van der Waals surface area contributed by atoms with Gasteiger partial charge >= 0.3 is 0 Å². The van der Waals surface area contributed by atoms with Crippen LogP contribution in [0.4, 0.5) is 0 Å². The van der Waals surface area contributed by atoms with Gasteiger partial charge in [0.05, 0.1) is 5.02 Å². The second kappa shape index (κ2) is 4.68. The summed E-state index contributed by atoms with van der Waals surface area (Å²) in [6.45, 7) is 0.802. The van der Waals surface area contributed by atoms with Gasteiger partial charge in [0.2, 0.25) is 0 Å². The lowest BCUT2D eigenvalue weighted by molar-refractivity contribution is 0.679. The Kier molecular flexibility index (Phi) is 3.05. The van der Waals surface area contributed by atoms with Gasteiger partial charge in [0, 0.05) is 18.8 Å². The highest BCUT2D eigenvalue weighted by Crippen LogP contribution is 2.24. The molecule has 0 atom stereocenters. The highest BCUT2D eigenvalue weighted by Gasteiger charge is 2.20. The molecule has 0 amide bonds. The van der Waals surface area contributed by atoms with Crippen molar-refractivity contribution < 1.29 is 0 Å². The summed E-state index contributed by atoms with van der Waals surface area (Å²) in [7, 11) is 0. The second-order valence-electron chi connectivity index (χ2n) is 4.02. The molecule has 0 spiro atoms. The molecule has 2 aromatic heterocycles. The molecule has 0 aliphatic heterocycles. The van der Waals surface area contributed by atoms with E-state index in [9.17, 15) is 0 Å². The number of rotatable bonds is 4. The Morgan fingerprint density at radius 2 is 2.24 bits per heavy atom. The standard InChI is InChI=1S/C11H11ClN4S/c12-7-1-4-9(14-5-7)11-16-15-10(17-11)6-13-8-2-3-8/h1,4-5,8,13H,2-3,6H2. The summed E-state index contributed by atoms with van der Waals surface area (Å²) in [6.07, 6.45) is 4.19. The van der Waals surface area contributed by atoms with Crippen LogP contribution in [0.5, 0.6) is 0 Å². The van der Waals surface area contributed by atoms with Gasteiger partial charge in [-0.1, -0.05) is 22.9 Å². The maximum Gasteiger partial charge on any atom is 0.166 e. The Morgan fingerprint density at radius 1 is 1.35 bits per heavy atom. The average molecular weight is 267 g/mol. The van der Waals surface area contributed by atoms with Gasteiger partial charge in [-0.3, -0.25) is 4.98 Å². The molecule has 1 saturated carbocycles. The summed E-state index contributed by atoms with van der Waals surface area (Å²) < 4.78 is 0. The molecule has 17 heavy (non-hydrogen) atoms. The van der Waals surface area contributed by atoms with E-state index >= 15 is 0 Å². The second-order valence-corrected chi connectivity index (χ2v) is 5.52. The van der Waals surface area contributed by atoms with E-state index < -0.39 is 0 Å². The van der Waals surface area contributed by atoms with Crippen molar-refractivity contribution in [2.75, 3.05) is 0 Å². The summed E-state index contributed by atoms with van der Waals surface area (Å²) in [5.41, 5.74) is 0.824. The summed E-state index contributed by atoms with van der Waals surface area (Å²) in [5, 5.41) is 14.2. The Labute approximate surface area is 108 Å². The van der Waals surface area contributed by atoms with Crippen molar-refractivity contribution in [3.05, 3.63) is 28.4 Å². The first-order valence-electron chi connectivity index (χ1n) is 5.49. The van der Waals surface area contributed by atoms with Crippen LogP contribution in [0.3, 0.4) is 0 Å². The van der Waals surface area contributed by atoms with Gasteiger partial charge in [0.1, 0.15) is 10.7 Å². The summed E-state index contributed by atoms with van der Waals surface area (Å²) in [6, 6.07) is 4.37. The zero-order valence-electron chi connectivity index (χ0n) is 9.06. The van der Waals surface area contributed by atoms with Gasteiger partial charge in [-0.05, 0) is 25.0 Å². The molecule has 0 saturated heterocycles. The molecular weight excluding hydrogens is 256 g/mol. The molecule has 2 heterocycles. The minimum atomic E-state index is 0.633. The number of nitrogens with one attached hydrogen (secondary N) is 1. The van der Waals surface area contributed by atoms with Gasteiger partial charge in [-0.15, -0.1) is 10.2 Å². The van der Waals surface area contributed by atoms with Gasteiger partial charge in [-0.25, -0.2) is 0 Å². The Bertz CT molecular complexity index is 506. The molecule has 2 aromatic rings. The smallest absolute Gasteiger partial charge is 0.166 e. The first-order chi connectivity index (χ1) is 8.31. The number of aromatic nitrogens is 3. The molecule has 0 bridgehead atoms. The zero-order valence-corrected chi connectivity index (χ0v) is 10.6. The quantitative estimate of drug-likeness (QED) is 0.924. The van der Waals surface area contributed by atoms with E-state index in [1.165, 1.54) is 12.8 Å². The van der Waals surface area contributed by atoms with Crippen molar-refractivity contribution >= 4 is 22.9 Å². The average Bonchev–Trinajstić information content (AvgIpc) is 3.06. The highest BCUT2D eigenvalue weighted by atomic mass is 35.5. The molecule has 88 valence electrons. The van der Waals surface area contributed by atoms with Crippen LogP contribution in [0.1, 0.15) is 17.8 Å². The van der Waals surface area contributed by atoms with Gasteiger partial charge in [0.25, 0.3) is 0 Å². The van der Waals surface area contributed by atoms with E-state index in [2.05, 4.69) is 20.5 Å². The van der Waals surface area contributed by atoms with Crippen molar-refractivity contribution in [1.29, 1.82) is 0 Å². The third-order valence-corrected chi connectivity index (χ3v) is 3.70. The van der Waals surface area contributed by atoms with Crippen LogP contribution in [0.15, 0.2) is 18.3 Å². The molecule has 4 nitrogen and oxygen atoms in total. The highest BCUT2D eigenvalue weighted by molar-refractivity contribution is 7.14. The van der Waals surface area contributed by atoms with E-state index in [4.69, 9.17) is 11.6 Å². The number of halogens is 1. The lowest BCUT2D eigenvalue weighted by Crippen LogP contribution is -2.14. The summed E-state index contributed by atoms with van der Waals surface area (Å²) >= 11 is 7.36. The molecule has 3 rings (SSSR count). The van der Waals surface area contributed by atoms with Crippen LogP contribution >= 0.6 is 22.9 Å². The van der Waals surface area contributed by atoms with E-state index in [0.29, 0.717) is 11.1 Å². The molecule has 0 aromatic carbocycles. The molecule has 1 aliphatic rings. The predicted molar refractivity (Wildman–Crippen MR) is 68.0 cm³/mol. The third-order valence-electron chi connectivity index (χ3n) is 2.53. The molecule has 6 heteroatoms. The maximum atomic E-state index is 5.79. The number of hydrogen-bond acceptors (Lipinski definition) is 5. The van der Waals surface area contributed by atoms with Crippen molar-refractivity contribution in [2.24, 2.45) is 0 Å². The molecule has 1 fully saturated rings. The Balaban J connectivity index is 1.72. The van der Waals surface area contributed by atoms with Crippen molar-refractivity contribution in [3.8, 4) is 10.7 Å². The van der Waals surface area contributed by atoms with Crippen LogP contribution in [0, 0.1) is 0 Å². The number of hydrogen-bond donors (Lipinski definition) is 1. The lowest BCUT2D eigenvalue weighted by Gasteiger charge is -1.96. The van der Waals surface area contributed by atoms with Crippen molar-refractivity contribution in [2.45, 2.75) is 25.4 Å². The molecule has 0 radical (unpaired) electrons. The van der Waals surface area contributed by atoms with Crippen LogP contribution in [-0.2, 0) is 6.54 Å². The van der Waals surface area contributed by atoms with Crippen molar-refractivity contribution in [3.63, 3.8) is 0 Å². The van der Waals surface area contributed by atoms with Crippen LogP contribution in [-0.4, -0.2) is 21.2 Å². The topological polar surface area (TPSA) is 50.7 Å². The molecular formula is C11H11ClN4S. The Morgan fingerprint density at radius 3 is 2.94 bits per heavy atom. The van der Waals surface area contributed by atoms with Crippen LogP contribution < -0.4 is 5.32 Å². The molecule has 1 N–H and O–H groups in total. The maximum absolute atomic E-state index is 5.79. The number of nitrogens with zero attached hydrogens (tertiary/aromatic N) is 3.